The van der Waals surface area contributed by atoms with E-state index in [1.807, 2.05) is 63.3 Å². The van der Waals surface area contributed by atoms with Gasteiger partial charge in [0, 0.05) is 32.0 Å². The fourth-order valence-corrected chi connectivity index (χ4v) is 4.74. The van der Waals surface area contributed by atoms with Crippen LogP contribution < -0.4 is 30.3 Å². The smallest absolute Gasteiger partial charge is 0.247 e. The fourth-order valence-electron chi connectivity index (χ4n) is 3.71. The Morgan fingerprint density at radius 2 is 1.83 bits per heavy atom. The van der Waals surface area contributed by atoms with Gasteiger partial charge in [0.1, 0.15) is 21.8 Å². The van der Waals surface area contributed by atoms with Crippen molar-refractivity contribution in [2.45, 2.75) is 13.3 Å². The van der Waals surface area contributed by atoms with E-state index in [-0.39, 0.29) is 11.9 Å². The molecule has 4 N–H and O–H groups in total. The van der Waals surface area contributed by atoms with E-state index in [9.17, 15) is 9.00 Å². The molecule has 13 heteroatoms. The molecule has 2 aromatic carbocycles. The van der Waals surface area contributed by atoms with Gasteiger partial charge in [-0.2, -0.15) is 4.98 Å². The Kier molecular flexibility index (Phi) is 11.7. The van der Waals surface area contributed by atoms with E-state index in [4.69, 9.17) is 16.3 Å². The first-order valence-corrected chi connectivity index (χ1v) is 14.7. The molecule has 0 aliphatic carbocycles. The number of benzene rings is 2. The Hall–Kier alpha value is -3.87. The molecule has 220 valence electrons. The second kappa shape index (κ2) is 15.2. The lowest BCUT2D eigenvalue weighted by molar-refractivity contribution is -0.111. The van der Waals surface area contributed by atoms with Crippen LogP contribution in [0.4, 0.5) is 40.2 Å². The summed E-state index contributed by atoms with van der Waals surface area (Å²) < 4.78 is 21.0. The highest BCUT2D eigenvalue weighted by atomic mass is 35.5. The predicted octanol–water partition coefficient (Wildman–Crippen LogP) is 5.23. The standard InChI is InChI=1S/C28H37ClN8O3S/c1-7-15-41(39)35-21-12-10-9-11-20(21)32-27-19(29)18-30-28(34-27)33-23-16-22(31-26(38)8-2)24(17-25(23)40-6)37(5)14-13-36(3)4/h8-12,16-18,35H,2,7,13-15H2,1,3-6H3,(H,31,38)(H2,30,32,33,34). The first-order valence-electron chi connectivity index (χ1n) is 13.0. The van der Waals surface area contributed by atoms with Gasteiger partial charge >= 0.3 is 0 Å². The molecule has 0 saturated heterocycles. The van der Waals surface area contributed by atoms with E-state index in [0.717, 1.165) is 25.2 Å². The van der Waals surface area contributed by atoms with Crippen LogP contribution in [0.5, 0.6) is 5.75 Å². The summed E-state index contributed by atoms with van der Waals surface area (Å²) in [6, 6.07) is 11.0. The molecule has 1 heterocycles. The lowest BCUT2D eigenvalue weighted by atomic mass is 10.2. The van der Waals surface area contributed by atoms with Gasteiger partial charge in [-0.05, 0) is 44.8 Å². The Bertz CT molecular complexity index is 1390. The summed E-state index contributed by atoms with van der Waals surface area (Å²) in [5, 5.41) is 9.55. The van der Waals surface area contributed by atoms with Gasteiger partial charge in [-0.25, -0.2) is 9.19 Å². The largest absolute Gasteiger partial charge is 0.494 e. The number of hydrogen-bond donors (Lipinski definition) is 4. The number of halogens is 1. The van der Waals surface area contributed by atoms with Crippen LogP contribution in [-0.2, 0) is 15.8 Å². The first-order chi connectivity index (χ1) is 19.6. The van der Waals surface area contributed by atoms with Crippen molar-refractivity contribution < 1.29 is 13.7 Å². The Morgan fingerprint density at radius 1 is 1.10 bits per heavy atom. The van der Waals surface area contributed by atoms with Crippen molar-refractivity contribution in [3.05, 3.63) is 60.3 Å². The minimum atomic E-state index is -1.22. The van der Waals surface area contributed by atoms with Crippen molar-refractivity contribution in [2.75, 3.05) is 72.7 Å². The third-order valence-electron chi connectivity index (χ3n) is 5.84. The monoisotopic (exact) mass is 600 g/mol. The maximum atomic E-state index is 12.3. The van der Waals surface area contributed by atoms with Crippen LogP contribution in [0.2, 0.25) is 5.02 Å². The van der Waals surface area contributed by atoms with E-state index in [1.54, 1.807) is 13.2 Å². The molecule has 0 radical (unpaired) electrons. The molecule has 1 unspecified atom stereocenters. The number of aromatic nitrogens is 2. The normalized spacial score (nSPS) is 11.5. The van der Waals surface area contributed by atoms with Crippen LogP contribution in [0.1, 0.15) is 13.3 Å². The number of para-hydroxylation sites is 2. The highest BCUT2D eigenvalue weighted by Crippen LogP contribution is 2.38. The number of amides is 1. The van der Waals surface area contributed by atoms with Crippen LogP contribution in [0.15, 0.2) is 55.3 Å². The molecule has 1 atom stereocenters. The van der Waals surface area contributed by atoms with Gasteiger partial charge < -0.3 is 35.2 Å². The van der Waals surface area contributed by atoms with Gasteiger partial charge in [0.05, 0.1) is 41.7 Å². The number of anilines is 7. The third kappa shape index (κ3) is 9.07. The van der Waals surface area contributed by atoms with Crippen molar-refractivity contribution in [1.82, 2.24) is 14.9 Å². The number of likely N-dealkylation sites (N-methyl/N-ethyl adjacent to an activating group) is 2. The van der Waals surface area contributed by atoms with E-state index in [0.29, 0.717) is 45.1 Å². The van der Waals surface area contributed by atoms with Crippen molar-refractivity contribution in [3.8, 4) is 5.75 Å². The molecule has 0 fully saturated rings. The molecule has 11 nitrogen and oxygen atoms in total. The molecule has 1 aromatic heterocycles. The van der Waals surface area contributed by atoms with Gasteiger partial charge in [-0.15, -0.1) is 0 Å². The lowest BCUT2D eigenvalue weighted by Crippen LogP contribution is -2.29. The molecule has 0 aliphatic heterocycles. The van der Waals surface area contributed by atoms with Crippen molar-refractivity contribution in [2.24, 2.45) is 0 Å². The third-order valence-corrected chi connectivity index (χ3v) is 7.34. The van der Waals surface area contributed by atoms with Crippen LogP contribution in [0, 0.1) is 0 Å². The van der Waals surface area contributed by atoms with Crippen LogP contribution in [0.25, 0.3) is 0 Å². The number of hydrogen-bond acceptors (Lipinski definition) is 9. The molecule has 3 aromatic rings. The summed E-state index contributed by atoms with van der Waals surface area (Å²) in [6.07, 6.45) is 3.48. The zero-order valence-corrected chi connectivity index (χ0v) is 25.5. The quantitative estimate of drug-likeness (QED) is 0.174. The van der Waals surface area contributed by atoms with E-state index in [1.165, 1.54) is 12.3 Å². The molecule has 0 aliphatic rings. The molecular formula is C28H37ClN8O3S. The number of methoxy groups -OCH3 is 1. The van der Waals surface area contributed by atoms with Gasteiger partial charge in [0.2, 0.25) is 11.9 Å². The summed E-state index contributed by atoms with van der Waals surface area (Å²) in [7, 11) is 6.29. The SMILES string of the molecule is C=CC(=O)Nc1cc(Nc2ncc(Cl)c(Nc3ccccc3NS(=O)CCC)n2)c(OC)cc1N(C)CCN(C)C. The average Bonchev–Trinajstić information content (AvgIpc) is 2.94. The van der Waals surface area contributed by atoms with E-state index in [2.05, 4.69) is 42.1 Å². The number of nitrogens with one attached hydrogen (secondary N) is 4. The van der Waals surface area contributed by atoms with E-state index < -0.39 is 11.0 Å². The van der Waals surface area contributed by atoms with Crippen LogP contribution in [-0.4, -0.2) is 72.1 Å². The minimum Gasteiger partial charge on any atom is -0.494 e. The van der Waals surface area contributed by atoms with Crippen molar-refractivity contribution in [1.29, 1.82) is 0 Å². The number of carbonyl (C=O) groups is 1. The minimum absolute atomic E-state index is 0.241. The van der Waals surface area contributed by atoms with Crippen LogP contribution in [0.3, 0.4) is 0 Å². The van der Waals surface area contributed by atoms with Gasteiger partial charge in [-0.3, -0.25) is 4.79 Å². The lowest BCUT2D eigenvalue weighted by Gasteiger charge is -2.26. The molecule has 0 spiro atoms. The Labute approximate surface area is 248 Å². The van der Waals surface area contributed by atoms with Crippen molar-refractivity contribution in [3.63, 3.8) is 0 Å². The second-order valence-electron chi connectivity index (χ2n) is 9.33. The summed E-state index contributed by atoms with van der Waals surface area (Å²) >= 11 is 6.44. The highest BCUT2D eigenvalue weighted by Gasteiger charge is 2.17. The second-order valence-corrected chi connectivity index (χ2v) is 11.0. The molecule has 0 saturated carbocycles. The Balaban J connectivity index is 1.94. The molecule has 0 bridgehead atoms. The molecule has 3 rings (SSSR count). The summed E-state index contributed by atoms with van der Waals surface area (Å²) in [6.45, 7) is 7.07. The number of nitrogens with zero attached hydrogens (tertiary/aromatic N) is 4. The fraction of sp³-hybridized carbons (Fsp3) is 0.321. The van der Waals surface area contributed by atoms with Gasteiger partial charge in [0.25, 0.3) is 0 Å². The zero-order chi connectivity index (χ0) is 29.9. The summed E-state index contributed by atoms with van der Waals surface area (Å²) in [5.74, 6) is 1.29. The zero-order valence-electron chi connectivity index (χ0n) is 24.0. The average molecular weight is 601 g/mol. The molecular weight excluding hydrogens is 564 g/mol. The maximum Gasteiger partial charge on any atom is 0.247 e. The van der Waals surface area contributed by atoms with Crippen molar-refractivity contribution >= 4 is 68.7 Å². The number of carbonyl (C=O) groups excluding carboxylic acids is 1. The number of rotatable bonds is 15. The predicted molar refractivity (Wildman–Crippen MR) is 171 cm³/mol. The molecule has 1 amide bonds. The van der Waals surface area contributed by atoms with Gasteiger partial charge in [0.15, 0.2) is 5.82 Å². The molecule has 41 heavy (non-hydrogen) atoms. The van der Waals surface area contributed by atoms with E-state index >= 15 is 0 Å². The van der Waals surface area contributed by atoms with Gasteiger partial charge in [-0.1, -0.05) is 37.2 Å². The topological polar surface area (TPSA) is 124 Å². The summed E-state index contributed by atoms with van der Waals surface area (Å²) in [4.78, 5) is 25.3. The number of ether oxygens (including phenoxy) is 1. The highest BCUT2D eigenvalue weighted by molar-refractivity contribution is 7.86. The maximum absolute atomic E-state index is 12.3. The van der Waals surface area contributed by atoms with Crippen LogP contribution >= 0.6 is 11.6 Å². The Morgan fingerprint density at radius 3 is 2.49 bits per heavy atom. The summed E-state index contributed by atoms with van der Waals surface area (Å²) in [5.41, 5.74) is 3.17. The first kappa shape index (κ1) is 31.7.